The molecule has 0 aliphatic carbocycles. The molecular formula is C10H11FN4O3. The van der Waals surface area contributed by atoms with Gasteiger partial charge in [-0.15, -0.1) is 0 Å². The molecule has 4 N–H and O–H groups in total. The number of halogens is 1. The van der Waals surface area contributed by atoms with Crippen LogP contribution in [0, 0.1) is 5.82 Å². The molecule has 1 aliphatic heterocycles. The van der Waals surface area contributed by atoms with Crippen molar-refractivity contribution in [3.05, 3.63) is 23.6 Å². The van der Waals surface area contributed by atoms with Gasteiger partial charge in [-0.05, 0) is 12.5 Å². The molecule has 1 aromatic rings. The van der Waals surface area contributed by atoms with Crippen LogP contribution in [-0.2, 0) is 4.79 Å². The average Bonchev–Trinajstić information content (AvgIpc) is 2.76. The minimum Gasteiger partial charge on any atom is -0.356 e. The summed E-state index contributed by atoms with van der Waals surface area (Å²) < 4.78 is 13.6. The molecule has 2 amide bonds. The summed E-state index contributed by atoms with van der Waals surface area (Å²) in [6.07, 6.45) is 1.64. The van der Waals surface area contributed by atoms with Crippen molar-refractivity contribution >= 4 is 17.6 Å². The zero-order valence-corrected chi connectivity index (χ0v) is 9.24. The van der Waals surface area contributed by atoms with Gasteiger partial charge in [0.15, 0.2) is 11.6 Å². The smallest absolute Gasteiger partial charge is 0.276 e. The van der Waals surface area contributed by atoms with Gasteiger partial charge in [0.05, 0.1) is 5.56 Å². The van der Waals surface area contributed by atoms with E-state index in [4.69, 9.17) is 5.21 Å². The van der Waals surface area contributed by atoms with E-state index in [2.05, 4.69) is 15.6 Å². The van der Waals surface area contributed by atoms with Crippen LogP contribution in [0.25, 0.3) is 0 Å². The number of amides is 2. The van der Waals surface area contributed by atoms with Crippen LogP contribution < -0.4 is 16.1 Å². The Morgan fingerprint density at radius 3 is 2.94 bits per heavy atom. The van der Waals surface area contributed by atoms with Crippen LogP contribution in [0.5, 0.6) is 0 Å². The van der Waals surface area contributed by atoms with Gasteiger partial charge >= 0.3 is 0 Å². The summed E-state index contributed by atoms with van der Waals surface area (Å²) in [5.74, 6) is -1.94. The topological polar surface area (TPSA) is 103 Å². The predicted molar refractivity (Wildman–Crippen MR) is 58.5 cm³/mol. The van der Waals surface area contributed by atoms with E-state index < -0.39 is 17.8 Å². The van der Waals surface area contributed by atoms with Crippen molar-refractivity contribution in [3.63, 3.8) is 0 Å². The Labute approximate surface area is 101 Å². The standard InChI is InChI=1S/C10H11FN4O3/c11-6-3-5(9(16)15-18)4-13-8(6)14-7-1-2-12-10(7)17/h3-4,7,18H,1-2H2,(H,12,17)(H,13,14)(H,15,16)/t7-/m0/s1. The van der Waals surface area contributed by atoms with Gasteiger partial charge in [0.1, 0.15) is 6.04 Å². The molecule has 2 rings (SSSR count). The highest BCUT2D eigenvalue weighted by atomic mass is 19.1. The molecule has 1 aromatic heterocycles. The fraction of sp³-hybridized carbons (Fsp3) is 0.300. The highest BCUT2D eigenvalue weighted by Crippen LogP contribution is 2.15. The van der Waals surface area contributed by atoms with Gasteiger partial charge in [0.25, 0.3) is 5.91 Å². The lowest BCUT2D eigenvalue weighted by molar-refractivity contribution is -0.119. The van der Waals surface area contributed by atoms with Crippen molar-refractivity contribution < 1.29 is 19.2 Å². The lowest BCUT2D eigenvalue weighted by atomic mass is 10.2. The van der Waals surface area contributed by atoms with Crippen molar-refractivity contribution in [1.29, 1.82) is 0 Å². The van der Waals surface area contributed by atoms with E-state index in [-0.39, 0.29) is 17.3 Å². The van der Waals surface area contributed by atoms with Gasteiger partial charge in [-0.25, -0.2) is 14.9 Å². The van der Waals surface area contributed by atoms with Gasteiger partial charge < -0.3 is 10.6 Å². The van der Waals surface area contributed by atoms with Crippen LogP contribution >= 0.6 is 0 Å². The van der Waals surface area contributed by atoms with Crippen LogP contribution in [0.2, 0.25) is 0 Å². The molecule has 8 heteroatoms. The molecule has 1 saturated heterocycles. The van der Waals surface area contributed by atoms with E-state index in [1.54, 1.807) is 0 Å². The summed E-state index contributed by atoms with van der Waals surface area (Å²) in [6, 6.07) is 0.401. The van der Waals surface area contributed by atoms with Gasteiger partial charge in [0.2, 0.25) is 5.91 Å². The van der Waals surface area contributed by atoms with Crippen molar-refractivity contribution in [2.75, 3.05) is 11.9 Å². The Balaban J connectivity index is 2.14. The molecule has 1 atom stereocenters. The summed E-state index contributed by atoms with van der Waals surface area (Å²) in [6.45, 7) is 0.531. The number of hydrogen-bond donors (Lipinski definition) is 4. The first-order chi connectivity index (χ1) is 8.61. The fourth-order valence-corrected chi connectivity index (χ4v) is 1.63. The van der Waals surface area contributed by atoms with E-state index in [0.29, 0.717) is 13.0 Å². The van der Waals surface area contributed by atoms with Gasteiger partial charge in [0, 0.05) is 12.7 Å². The van der Waals surface area contributed by atoms with E-state index in [1.165, 1.54) is 5.48 Å². The monoisotopic (exact) mass is 254 g/mol. The third-order valence-corrected chi connectivity index (χ3v) is 2.56. The number of aromatic nitrogens is 1. The van der Waals surface area contributed by atoms with E-state index in [1.807, 2.05) is 0 Å². The molecular weight excluding hydrogens is 243 g/mol. The number of carbonyl (C=O) groups excluding carboxylic acids is 2. The van der Waals surface area contributed by atoms with Crippen LogP contribution in [0.4, 0.5) is 10.2 Å². The maximum Gasteiger partial charge on any atom is 0.276 e. The number of nitrogens with zero attached hydrogens (tertiary/aromatic N) is 1. The van der Waals surface area contributed by atoms with Crippen molar-refractivity contribution in [2.24, 2.45) is 0 Å². The molecule has 0 spiro atoms. The van der Waals surface area contributed by atoms with Crippen molar-refractivity contribution in [3.8, 4) is 0 Å². The Hall–Kier alpha value is -2.22. The number of anilines is 1. The van der Waals surface area contributed by atoms with Crippen LogP contribution in [0.15, 0.2) is 12.3 Å². The quantitative estimate of drug-likeness (QED) is 0.435. The minimum atomic E-state index is -0.855. The Kier molecular flexibility index (Phi) is 3.38. The second-order valence-corrected chi connectivity index (χ2v) is 3.77. The van der Waals surface area contributed by atoms with Crippen LogP contribution in [0.3, 0.4) is 0 Å². The largest absolute Gasteiger partial charge is 0.356 e. The predicted octanol–water partition coefficient (Wildman–Crippen LogP) is -0.360. The number of hydrogen-bond acceptors (Lipinski definition) is 5. The first kappa shape index (κ1) is 12.2. The molecule has 7 nitrogen and oxygen atoms in total. The molecule has 96 valence electrons. The van der Waals surface area contributed by atoms with Crippen molar-refractivity contribution in [2.45, 2.75) is 12.5 Å². The third-order valence-electron chi connectivity index (χ3n) is 2.56. The summed E-state index contributed by atoms with van der Waals surface area (Å²) in [5.41, 5.74) is 1.26. The second-order valence-electron chi connectivity index (χ2n) is 3.77. The lowest BCUT2D eigenvalue weighted by Gasteiger charge is -2.11. The van der Waals surface area contributed by atoms with Crippen LogP contribution in [0.1, 0.15) is 16.8 Å². The van der Waals surface area contributed by atoms with E-state index in [9.17, 15) is 14.0 Å². The molecule has 2 heterocycles. The minimum absolute atomic E-state index is 0.105. The number of hydroxylamine groups is 1. The van der Waals surface area contributed by atoms with Crippen LogP contribution in [-0.4, -0.2) is 34.6 Å². The molecule has 1 fully saturated rings. The molecule has 0 aromatic carbocycles. The summed E-state index contributed by atoms with van der Waals surface area (Å²) >= 11 is 0. The molecule has 0 radical (unpaired) electrons. The molecule has 1 aliphatic rings. The van der Waals surface area contributed by atoms with Gasteiger partial charge in [-0.2, -0.15) is 0 Å². The molecule has 0 bridgehead atoms. The number of carbonyl (C=O) groups is 2. The lowest BCUT2D eigenvalue weighted by Crippen LogP contribution is -2.30. The van der Waals surface area contributed by atoms with Gasteiger partial charge in [-0.3, -0.25) is 14.8 Å². The number of rotatable bonds is 3. The van der Waals surface area contributed by atoms with E-state index in [0.717, 1.165) is 12.3 Å². The highest BCUT2D eigenvalue weighted by Gasteiger charge is 2.25. The SMILES string of the molecule is O=C(NO)c1cnc(N[C@H]2CCNC2=O)c(F)c1. The Morgan fingerprint density at radius 2 is 2.39 bits per heavy atom. The van der Waals surface area contributed by atoms with Gasteiger partial charge in [-0.1, -0.05) is 0 Å². The summed E-state index contributed by atoms with van der Waals surface area (Å²) in [7, 11) is 0. The second kappa shape index (κ2) is 4.96. The van der Waals surface area contributed by atoms with E-state index >= 15 is 0 Å². The Bertz CT molecular complexity index is 494. The molecule has 0 saturated carbocycles. The first-order valence-corrected chi connectivity index (χ1v) is 5.26. The molecule has 0 unspecified atom stereocenters. The third kappa shape index (κ3) is 2.38. The zero-order valence-electron chi connectivity index (χ0n) is 9.24. The average molecular weight is 254 g/mol. The maximum absolute atomic E-state index is 13.6. The Morgan fingerprint density at radius 1 is 1.61 bits per heavy atom. The zero-order chi connectivity index (χ0) is 13.1. The molecule has 18 heavy (non-hydrogen) atoms. The highest BCUT2D eigenvalue weighted by molar-refractivity contribution is 5.93. The summed E-state index contributed by atoms with van der Waals surface area (Å²) in [4.78, 5) is 26.0. The first-order valence-electron chi connectivity index (χ1n) is 5.26. The number of nitrogens with one attached hydrogen (secondary N) is 3. The number of pyridine rings is 1. The maximum atomic E-state index is 13.6. The summed E-state index contributed by atoms with van der Waals surface area (Å²) in [5, 5.41) is 13.6. The fourth-order valence-electron chi connectivity index (χ4n) is 1.63. The normalized spacial score (nSPS) is 18.3. The van der Waals surface area contributed by atoms with Crippen molar-refractivity contribution in [1.82, 2.24) is 15.8 Å².